The summed E-state index contributed by atoms with van der Waals surface area (Å²) >= 11 is 0. The number of ether oxygens (including phenoxy) is 1. The van der Waals surface area contributed by atoms with Crippen LogP contribution in [-0.2, 0) is 4.79 Å². The summed E-state index contributed by atoms with van der Waals surface area (Å²) < 4.78 is 5.32. The fraction of sp³-hybridized carbons (Fsp3) is 0.400. The van der Waals surface area contributed by atoms with Gasteiger partial charge in [0.05, 0.1) is 12.5 Å². The van der Waals surface area contributed by atoms with E-state index in [1.807, 2.05) is 44.4 Å². The summed E-state index contributed by atoms with van der Waals surface area (Å²) in [5.74, 6) is 0.625. The quantitative estimate of drug-likeness (QED) is 0.351. The van der Waals surface area contributed by atoms with Crippen LogP contribution >= 0.6 is 0 Å². The van der Waals surface area contributed by atoms with Crippen LogP contribution in [0.1, 0.15) is 55.7 Å². The van der Waals surface area contributed by atoms with E-state index in [-0.39, 0.29) is 6.42 Å². The predicted molar refractivity (Wildman–Crippen MR) is 152 cm³/mol. The van der Waals surface area contributed by atoms with Gasteiger partial charge in [-0.05, 0) is 48.6 Å². The van der Waals surface area contributed by atoms with Crippen LogP contribution in [0.15, 0.2) is 54.7 Å². The van der Waals surface area contributed by atoms with E-state index >= 15 is 0 Å². The summed E-state index contributed by atoms with van der Waals surface area (Å²) in [6.45, 7) is 2.03. The number of carboxylic acids is 1. The van der Waals surface area contributed by atoms with Gasteiger partial charge in [-0.1, -0.05) is 55.7 Å². The number of hydrogen-bond acceptors (Lipinski definition) is 7. The number of anilines is 2. The third kappa shape index (κ3) is 7.04. The van der Waals surface area contributed by atoms with Crippen molar-refractivity contribution in [2.45, 2.75) is 57.5 Å². The first-order valence-corrected chi connectivity index (χ1v) is 13.4. The highest BCUT2D eigenvalue weighted by atomic mass is 16.6. The van der Waals surface area contributed by atoms with Crippen molar-refractivity contribution < 1.29 is 19.4 Å². The minimum atomic E-state index is -0.943. The molecule has 0 bridgehead atoms. The fourth-order valence-corrected chi connectivity index (χ4v) is 4.91. The monoisotopic (exact) mass is 531 g/mol. The SMILES string of the molecule is Cc1ccccc1-c1cnc(N(C)C2CCCCC2)nc1NC(CC(=O)O)c1ccc(OC(=O)N(C)C)cc1. The molecule has 0 aliphatic heterocycles. The molecule has 2 N–H and O–H groups in total. The average molecular weight is 532 g/mol. The Hall–Kier alpha value is -4.14. The summed E-state index contributed by atoms with van der Waals surface area (Å²) in [7, 11) is 5.25. The third-order valence-electron chi connectivity index (χ3n) is 7.19. The molecule has 39 heavy (non-hydrogen) atoms. The van der Waals surface area contributed by atoms with E-state index in [1.165, 1.54) is 24.2 Å². The maximum Gasteiger partial charge on any atom is 0.414 e. The van der Waals surface area contributed by atoms with Gasteiger partial charge in [0.2, 0.25) is 5.95 Å². The maximum atomic E-state index is 11.9. The second kappa shape index (κ2) is 12.6. The Morgan fingerprint density at radius 1 is 1.03 bits per heavy atom. The molecule has 2 aromatic carbocycles. The molecule has 1 saturated carbocycles. The van der Waals surface area contributed by atoms with Crippen molar-refractivity contribution in [2.24, 2.45) is 0 Å². The summed E-state index contributed by atoms with van der Waals surface area (Å²) in [6.07, 6.45) is 7.04. The van der Waals surface area contributed by atoms with Crippen LogP contribution in [0.3, 0.4) is 0 Å². The Morgan fingerprint density at radius 2 is 1.72 bits per heavy atom. The van der Waals surface area contributed by atoms with Gasteiger partial charge in [0.1, 0.15) is 11.6 Å². The van der Waals surface area contributed by atoms with E-state index in [2.05, 4.69) is 10.2 Å². The molecule has 1 aliphatic carbocycles. The van der Waals surface area contributed by atoms with E-state index in [9.17, 15) is 14.7 Å². The molecule has 1 unspecified atom stereocenters. The number of carbonyl (C=O) groups is 2. The predicted octanol–water partition coefficient (Wildman–Crippen LogP) is 5.91. The van der Waals surface area contributed by atoms with Crippen molar-refractivity contribution in [1.82, 2.24) is 14.9 Å². The van der Waals surface area contributed by atoms with Crippen molar-refractivity contribution in [2.75, 3.05) is 31.4 Å². The number of nitrogens with one attached hydrogen (secondary N) is 1. The van der Waals surface area contributed by atoms with E-state index < -0.39 is 18.1 Å². The number of aliphatic carboxylic acids is 1. The van der Waals surface area contributed by atoms with Gasteiger partial charge in [-0.15, -0.1) is 0 Å². The second-order valence-electron chi connectivity index (χ2n) is 10.3. The zero-order chi connectivity index (χ0) is 27.9. The highest BCUT2D eigenvalue weighted by Crippen LogP contribution is 2.34. The number of hydrogen-bond donors (Lipinski definition) is 2. The van der Waals surface area contributed by atoms with Gasteiger partial charge in [0, 0.05) is 38.9 Å². The summed E-state index contributed by atoms with van der Waals surface area (Å²) in [4.78, 5) is 37.0. The molecule has 4 rings (SSSR count). The first kappa shape index (κ1) is 27.9. The molecule has 1 fully saturated rings. The van der Waals surface area contributed by atoms with Crippen molar-refractivity contribution in [1.29, 1.82) is 0 Å². The molecular weight excluding hydrogens is 494 g/mol. The molecule has 1 heterocycles. The second-order valence-corrected chi connectivity index (χ2v) is 10.3. The largest absolute Gasteiger partial charge is 0.481 e. The molecular formula is C30H37N5O4. The van der Waals surface area contributed by atoms with Gasteiger partial charge in [0.25, 0.3) is 0 Å². The number of amides is 1. The minimum Gasteiger partial charge on any atom is -0.481 e. The molecule has 1 atom stereocenters. The Labute approximate surface area is 229 Å². The van der Waals surface area contributed by atoms with Crippen LogP contribution in [0.2, 0.25) is 0 Å². The van der Waals surface area contributed by atoms with E-state index in [0.717, 1.165) is 35.1 Å². The Morgan fingerprint density at radius 3 is 2.36 bits per heavy atom. The van der Waals surface area contributed by atoms with Gasteiger partial charge < -0.3 is 25.0 Å². The number of benzene rings is 2. The molecule has 206 valence electrons. The van der Waals surface area contributed by atoms with Crippen LogP contribution < -0.4 is 15.0 Å². The maximum absolute atomic E-state index is 11.9. The normalized spacial score (nSPS) is 14.4. The lowest BCUT2D eigenvalue weighted by Gasteiger charge is -2.31. The first-order valence-electron chi connectivity index (χ1n) is 13.4. The van der Waals surface area contributed by atoms with Crippen LogP contribution in [0.5, 0.6) is 5.75 Å². The zero-order valence-corrected chi connectivity index (χ0v) is 23.1. The van der Waals surface area contributed by atoms with E-state index in [4.69, 9.17) is 14.7 Å². The Balaban J connectivity index is 1.69. The smallest absolute Gasteiger partial charge is 0.414 e. The fourth-order valence-electron chi connectivity index (χ4n) is 4.91. The van der Waals surface area contributed by atoms with Crippen LogP contribution in [0.25, 0.3) is 11.1 Å². The number of carboxylic acid groups (broad SMARTS) is 1. The number of nitrogens with zero attached hydrogens (tertiary/aromatic N) is 4. The molecule has 0 saturated heterocycles. The van der Waals surface area contributed by atoms with Gasteiger partial charge in [-0.2, -0.15) is 4.98 Å². The lowest BCUT2D eigenvalue weighted by Crippen LogP contribution is -2.34. The van der Waals surface area contributed by atoms with Crippen molar-refractivity contribution in [3.8, 4) is 16.9 Å². The van der Waals surface area contributed by atoms with Crippen molar-refractivity contribution in [3.05, 3.63) is 65.9 Å². The summed E-state index contributed by atoms with van der Waals surface area (Å²) in [6, 6.07) is 14.7. The van der Waals surface area contributed by atoms with Crippen molar-refractivity contribution in [3.63, 3.8) is 0 Å². The van der Waals surface area contributed by atoms with Crippen LogP contribution in [0, 0.1) is 6.92 Å². The Bertz CT molecular complexity index is 1290. The molecule has 0 radical (unpaired) electrons. The van der Waals surface area contributed by atoms with Gasteiger partial charge in [-0.3, -0.25) is 4.79 Å². The number of aryl methyl sites for hydroxylation is 1. The third-order valence-corrected chi connectivity index (χ3v) is 7.19. The Kier molecular flexibility index (Phi) is 9.01. The highest BCUT2D eigenvalue weighted by Gasteiger charge is 2.24. The standard InChI is InChI=1S/C30H37N5O4/c1-20-10-8-9-13-24(20)25-19-31-29(35(4)22-11-6-5-7-12-22)33-28(25)32-26(18-27(36)37)21-14-16-23(17-15-21)39-30(38)34(2)3/h8-10,13-17,19,22,26H,5-7,11-12,18H2,1-4H3,(H,36,37)(H,31,32,33). The van der Waals surface area contributed by atoms with Gasteiger partial charge in [-0.25, -0.2) is 9.78 Å². The number of rotatable bonds is 9. The van der Waals surface area contributed by atoms with E-state index in [0.29, 0.717) is 23.6 Å². The first-order chi connectivity index (χ1) is 18.7. The van der Waals surface area contributed by atoms with Crippen LogP contribution in [-0.4, -0.2) is 59.2 Å². The lowest BCUT2D eigenvalue weighted by molar-refractivity contribution is -0.137. The molecule has 9 heteroatoms. The summed E-state index contributed by atoms with van der Waals surface area (Å²) in [5, 5.41) is 13.2. The van der Waals surface area contributed by atoms with Gasteiger partial charge in [0.15, 0.2) is 0 Å². The van der Waals surface area contributed by atoms with Crippen LogP contribution in [0.4, 0.5) is 16.6 Å². The highest BCUT2D eigenvalue weighted by molar-refractivity contribution is 5.78. The van der Waals surface area contributed by atoms with Gasteiger partial charge >= 0.3 is 12.1 Å². The molecule has 1 aromatic heterocycles. The molecule has 0 spiro atoms. The summed E-state index contributed by atoms with van der Waals surface area (Å²) in [5.41, 5.74) is 3.59. The average Bonchev–Trinajstić information content (AvgIpc) is 2.93. The topological polar surface area (TPSA) is 108 Å². The zero-order valence-electron chi connectivity index (χ0n) is 23.1. The molecule has 1 amide bonds. The number of carbonyl (C=O) groups excluding carboxylic acids is 1. The van der Waals surface area contributed by atoms with E-state index in [1.54, 1.807) is 38.4 Å². The minimum absolute atomic E-state index is 0.165. The molecule has 1 aliphatic rings. The molecule has 3 aromatic rings. The molecule has 9 nitrogen and oxygen atoms in total. The van der Waals surface area contributed by atoms with Crippen molar-refractivity contribution >= 4 is 23.8 Å². The number of aromatic nitrogens is 2. The lowest BCUT2D eigenvalue weighted by atomic mass is 9.95.